The van der Waals surface area contributed by atoms with Crippen LogP contribution in [-0.4, -0.2) is 56.1 Å². The lowest BCUT2D eigenvalue weighted by molar-refractivity contribution is -0.151. The monoisotopic (exact) mass is 531 g/mol. The van der Waals surface area contributed by atoms with Gasteiger partial charge in [-0.15, -0.1) is 0 Å². The third-order valence-electron chi connectivity index (χ3n) is 6.26. The Bertz CT molecular complexity index is 1290. The van der Waals surface area contributed by atoms with E-state index in [0.717, 1.165) is 16.1 Å². The van der Waals surface area contributed by atoms with Crippen molar-refractivity contribution in [3.8, 4) is 11.5 Å². The molecule has 0 saturated carbocycles. The Hall–Kier alpha value is -4.86. The standard InChI is InChI=1S/C29H29N3O7/c1-37-22-13-14-23(24(16-22)38-2)30-25(33)18-39-29(36)21-15-26(34)32(17-21)31-28(35)27(19-9-5-3-6-10-19)20-11-7-4-8-12-20/h3-14,16,21,27H,15,17-18H2,1-2H3,(H,30,33)(H,31,35)/t21-/m1/s1. The number of hydrogen-bond donors (Lipinski definition) is 2. The zero-order valence-electron chi connectivity index (χ0n) is 21.6. The van der Waals surface area contributed by atoms with E-state index in [1.807, 2.05) is 60.7 Å². The summed E-state index contributed by atoms with van der Waals surface area (Å²) in [5.74, 6) is -2.64. The van der Waals surface area contributed by atoms with Crippen LogP contribution in [0.1, 0.15) is 23.5 Å². The van der Waals surface area contributed by atoms with E-state index in [-0.39, 0.29) is 13.0 Å². The average molecular weight is 532 g/mol. The molecule has 0 aromatic heterocycles. The van der Waals surface area contributed by atoms with Crippen LogP contribution in [0.15, 0.2) is 78.9 Å². The highest BCUT2D eigenvalue weighted by Gasteiger charge is 2.38. The van der Waals surface area contributed by atoms with Crippen LogP contribution in [0.4, 0.5) is 5.69 Å². The molecule has 1 heterocycles. The number of nitrogens with one attached hydrogen (secondary N) is 2. The molecule has 1 atom stereocenters. The number of rotatable bonds is 10. The molecular formula is C29H29N3O7. The van der Waals surface area contributed by atoms with Gasteiger partial charge >= 0.3 is 5.97 Å². The van der Waals surface area contributed by atoms with Crippen LogP contribution in [0.2, 0.25) is 0 Å². The topological polar surface area (TPSA) is 123 Å². The van der Waals surface area contributed by atoms with Crippen LogP contribution < -0.4 is 20.2 Å². The number of amides is 3. The fourth-order valence-corrected chi connectivity index (χ4v) is 4.30. The first-order valence-electron chi connectivity index (χ1n) is 12.3. The van der Waals surface area contributed by atoms with Gasteiger partial charge in [0, 0.05) is 12.5 Å². The molecule has 0 aliphatic carbocycles. The number of carbonyl (C=O) groups is 4. The van der Waals surface area contributed by atoms with Crippen molar-refractivity contribution < 1.29 is 33.4 Å². The van der Waals surface area contributed by atoms with E-state index in [9.17, 15) is 19.2 Å². The van der Waals surface area contributed by atoms with Gasteiger partial charge in [0.2, 0.25) is 5.91 Å². The summed E-state index contributed by atoms with van der Waals surface area (Å²) in [7, 11) is 2.96. The first-order chi connectivity index (χ1) is 18.9. The predicted molar refractivity (Wildman–Crippen MR) is 142 cm³/mol. The van der Waals surface area contributed by atoms with Crippen molar-refractivity contribution in [1.29, 1.82) is 0 Å². The summed E-state index contributed by atoms with van der Waals surface area (Å²) in [4.78, 5) is 50.9. The Morgan fingerprint density at radius 1 is 0.923 bits per heavy atom. The summed E-state index contributed by atoms with van der Waals surface area (Å²) < 4.78 is 15.5. The van der Waals surface area contributed by atoms with E-state index < -0.39 is 42.1 Å². The molecule has 10 nitrogen and oxygen atoms in total. The maximum atomic E-state index is 13.3. The van der Waals surface area contributed by atoms with Crippen LogP contribution in [-0.2, 0) is 23.9 Å². The lowest BCUT2D eigenvalue weighted by Gasteiger charge is -2.23. The predicted octanol–water partition coefficient (Wildman–Crippen LogP) is 2.90. The summed E-state index contributed by atoms with van der Waals surface area (Å²) in [6.45, 7) is -0.608. The molecule has 202 valence electrons. The number of benzene rings is 3. The van der Waals surface area contributed by atoms with Crippen LogP contribution in [0.5, 0.6) is 11.5 Å². The first kappa shape index (κ1) is 27.2. The zero-order valence-corrected chi connectivity index (χ0v) is 21.6. The first-order valence-corrected chi connectivity index (χ1v) is 12.3. The minimum Gasteiger partial charge on any atom is -0.497 e. The van der Waals surface area contributed by atoms with Gasteiger partial charge in [-0.05, 0) is 23.3 Å². The van der Waals surface area contributed by atoms with E-state index in [0.29, 0.717) is 17.2 Å². The van der Waals surface area contributed by atoms with Gasteiger partial charge in [-0.2, -0.15) is 0 Å². The Balaban J connectivity index is 1.34. The van der Waals surface area contributed by atoms with E-state index in [1.54, 1.807) is 18.2 Å². The largest absolute Gasteiger partial charge is 0.497 e. The highest BCUT2D eigenvalue weighted by Crippen LogP contribution is 2.29. The number of methoxy groups -OCH3 is 2. The lowest BCUT2D eigenvalue weighted by Crippen LogP contribution is -2.45. The molecule has 3 aromatic carbocycles. The molecule has 0 unspecified atom stereocenters. The average Bonchev–Trinajstić information content (AvgIpc) is 3.33. The third-order valence-corrected chi connectivity index (χ3v) is 6.26. The van der Waals surface area contributed by atoms with Gasteiger partial charge in [0.1, 0.15) is 11.5 Å². The Morgan fingerprint density at radius 2 is 1.56 bits per heavy atom. The summed E-state index contributed by atoms with van der Waals surface area (Å²) >= 11 is 0. The van der Waals surface area contributed by atoms with E-state index in [1.165, 1.54) is 14.2 Å². The molecule has 10 heteroatoms. The van der Waals surface area contributed by atoms with Crippen molar-refractivity contribution in [3.63, 3.8) is 0 Å². The van der Waals surface area contributed by atoms with Crippen molar-refractivity contribution >= 4 is 29.4 Å². The molecule has 2 N–H and O–H groups in total. The molecule has 3 amide bonds. The molecule has 0 radical (unpaired) electrons. The zero-order chi connectivity index (χ0) is 27.8. The maximum Gasteiger partial charge on any atom is 0.311 e. The van der Waals surface area contributed by atoms with E-state index >= 15 is 0 Å². The van der Waals surface area contributed by atoms with E-state index in [4.69, 9.17) is 14.2 Å². The summed E-state index contributed by atoms with van der Waals surface area (Å²) in [5.41, 5.74) is 4.58. The summed E-state index contributed by atoms with van der Waals surface area (Å²) in [5, 5.41) is 3.75. The highest BCUT2D eigenvalue weighted by atomic mass is 16.5. The second-order valence-electron chi connectivity index (χ2n) is 8.86. The molecule has 4 rings (SSSR count). The fraction of sp³-hybridized carbons (Fsp3) is 0.241. The van der Waals surface area contributed by atoms with Crippen LogP contribution >= 0.6 is 0 Å². The number of hydrogen-bond acceptors (Lipinski definition) is 7. The second kappa shape index (κ2) is 12.6. The molecule has 1 fully saturated rings. The normalized spacial score (nSPS) is 14.6. The van der Waals surface area contributed by atoms with Gasteiger partial charge < -0.3 is 19.5 Å². The minimum atomic E-state index is -0.826. The fourth-order valence-electron chi connectivity index (χ4n) is 4.30. The second-order valence-corrected chi connectivity index (χ2v) is 8.86. The molecule has 0 spiro atoms. The number of hydrazine groups is 1. The highest BCUT2D eigenvalue weighted by molar-refractivity contribution is 5.95. The van der Waals surface area contributed by atoms with Crippen molar-refractivity contribution in [2.75, 3.05) is 32.7 Å². The number of nitrogens with zero attached hydrogens (tertiary/aromatic N) is 1. The molecule has 0 bridgehead atoms. The van der Waals surface area contributed by atoms with Gasteiger partial charge in [-0.25, -0.2) is 0 Å². The van der Waals surface area contributed by atoms with E-state index in [2.05, 4.69) is 10.7 Å². The van der Waals surface area contributed by atoms with Crippen LogP contribution in [0, 0.1) is 5.92 Å². The Labute approximate surface area is 225 Å². The summed E-state index contributed by atoms with van der Waals surface area (Å²) in [6.07, 6.45) is -0.144. The Kier molecular flexibility index (Phi) is 8.78. The molecule has 1 saturated heterocycles. The van der Waals surface area contributed by atoms with Gasteiger partial charge in [-0.1, -0.05) is 60.7 Å². The molecule has 1 aliphatic rings. The molecule has 3 aromatic rings. The SMILES string of the molecule is COc1ccc(NC(=O)COC(=O)[C@@H]2CC(=O)N(NC(=O)C(c3ccccc3)c3ccccc3)C2)c(OC)c1. The van der Waals surface area contributed by atoms with Gasteiger partial charge in [0.15, 0.2) is 6.61 Å². The smallest absolute Gasteiger partial charge is 0.311 e. The van der Waals surface area contributed by atoms with Gasteiger partial charge in [-0.3, -0.25) is 29.6 Å². The third kappa shape index (κ3) is 6.72. The molecule has 1 aliphatic heterocycles. The van der Waals surface area contributed by atoms with Crippen molar-refractivity contribution in [3.05, 3.63) is 90.0 Å². The quantitative estimate of drug-likeness (QED) is 0.386. The van der Waals surface area contributed by atoms with Crippen LogP contribution in [0.3, 0.4) is 0 Å². The van der Waals surface area contributed by atoms with Crippen molar-refractivity contribution in [2.24, 2.45) is 5.92 Å². The van der Waals surface area contributed by atoms with Crippen molar-refractivity contribution in [1.82, 2.24) is 10.4 Å². The van der Waals surface area contributed by atoms with Gasteiger partial charge in [0.05, 0.1) is 38.3 Å². The minimum absolute atomic E-state index is 0.0619. The molecule has 39 heavy (non-hydrogen) atoms. The van der Waals surface area contributed by atoms with Crippen LogP contribution in [0.25, 0.3) is 0 Å². The Morgan fingerprint density at radius 3 is 2.15 bits per heavy atom. The number of anilines is 1. The number of ether oxygens (including phenoxy) is 3. The number of carbonyl (C=O) groups excluding carboxylic acids is 4. The summed E-state index contributed by atoms with van der Waals surface area (Å²) in [6, 6.07) is 23.3. The van der Waals surface area contributed by atoms with Crippen molar-refractivity contribution in [2.45, 2.75) is 12.3 Å². The number of esters is 1. The van der Waals surface area contributed by atoms with Gasteiger partial charge in [0.25, 0.3) is 11.8 Å². The lowest BCUT2D eigenvalue weighted by atomic mass is 9.91. The molecular weight excluding hydrogens is 502 g/mol. The maximum absolute atomic E-state index is 13.3.